The predicted molar refractivity (Wildman–Crippen MR) is 111 cm³/mol. The molecule has 1 amide bonds. The molecule has 160 valence electrons. The second-order valence-electron chi connectivity index (χ2n) is 7.06. The number of sulfone groups is 1. The first kappa shape index (κ1) is 22.9. The van der Waals surface area contributed by atoms with Gasteiger partial charge in [-0.05, 0) is 50.5 Å². The van der Waals surface area contributed by atoms with Crippen molar-refractivity contribution in [3.63, 3.8) is 0 Å². The number of amides is 1. The van der Waals surface area contributed by atoms with Gasteiger partial charge in [0.1, 0.15) is 5.75 Å². The number of carbonyl (C=O) groups excluding carboxylic acids is 2. The summed E-state index contributed by atoms with van der Waals surface area (Å²) in [7, 11) is -3.11. The molecule has 7 nitrogen and oxygen atoms in total. The minimum atomic E-state index is -3.11. The Morgan fingerprint density at radius 2 is 1.93 bits per heavy atom. The lowest BCUT2D eigenvalue weighted by Gasteiger charge is -2.33. The molecular weight excluding hydrogens is 394 g/mol. The van der Waals surface area contributed by atoms with Gasteiger partial charge >= 0.3 is 5.97 Å². The molecule has 8 heteroatoms. The van der Waals surface area contributed by atoms with Crippen molar-refractivity contribution in [1.29, 1.82) is 0 Å². The standard InChI is InChI=1S/C21H29NO6S/c1-4-16(3)22(18-12-13-29(25,26)15-18)20(23)14-28-21(24)11-8-17-6-9-19(10-7-17)27-5-2/h6-11,16,18H,4-5,12-15H2,1-3H3/b11-8+/t16-,18+/m1/s1. The van der Waals surface area contributed by atoms with Crippen molar-refractivity contribution in [2.75, 3.05) is 24.7 Å². The van der Waals surface area contributed by atoms with E-state index in [0.717, 1.165) is 11.3 Å². The van der Waals surface area contributed by atoms with Crippen LogP contribution in [0, 0.1) is 0 Å². The molecule has 2 atom stereocenters. The fourth-order valence-electron chi connectivity index (χ4n) is 3.26. The fourth-order valence-corrected chi connectivity index (χ4v) is 4.97. The van der Waals surface area contributed by atoms with Gasteiger partial charge in [-0.3, -0.25) is 4.79 Å². The lowest BCUT2D eigenvalue weighted by molar-refractivity contribution is -0.150. The Bertz CT molecular complexity index is 831. The number of ether oxygens (including phenoxy) is 2. The minimum absolute atomic E-state index is 0.0331. The molecule has 1 aliphatic heterocycles. The van der Waals surface area contributed by atoms with Crippen LogP contribution >= 0.6 is 0 Å². The van der Waals surface area contributed by atoms with E-state index in [1.54, 1.807) is 23.1 Å². The van der Waals surface area contributed by atoms with Crippen LogP contribution in [-0.4, -0.2) is 62.0 Å². The third-order valence-electron chi connectivity index (χ3n) is 4.90. The van der Waals surface area contributed by atoms with Gasteiger partial charge < -0.3 is 14.4 Å². The molecule has 0 radical (unpaired) electrons. The van der Waals surface area contributed by atoms with E-state index in [4.69, 9.17) is 9.47 Å². The molecule has 0 spiro atoms. The Labute approximate surface area is 172 Å². The molecule has 1 fully saturated rings. The number of carbonyl (C=O) groups is 2. The van der Waals surface area contributed by atoms with Gasteiger partial charge in [0.2, 0.25) is 0 Å². The highest BCUT2D eigenvalue weighted by Crippen LogP contribution is 2.21. The Hall–Kier alpha value is -2.35. The first-order valence-electron chi connectivity index (χ1n) is 9.85. The zero-order chi connectivity index (χ0) is 21.4. The van der Waals surface area contributed by atoms with Gasteiger partial charge in [0.25, 0.3) is 5.91 Å². The normalized spacial score (nSPS) is 19.1. The summed E-state index contributed by atoms with van der Waals surface area (Å²) in [6.07, 6.45) is 3.97. The van der Waals surface area contributed by atoms with Gasteiger partial charge in [-0.15, -0.1) is 0 Å². The van der Waals surface area contributed by atoms with Crippen LogP contribution in [0.25, 0.3) is 6.08 Å². The fraction of sp³-hybridized carbons (Fsp3) is 0.524. The van der Waals surface area contributed by atoms with Crippen LogP contribution < -0.4 is 4.74 Å². The second-order valence-corrected chi connectivity index (χ2v) is 9.29. The van der Waals surface area contributed by atoms with Crippen LogP contribution in [0.3, 0.4) is 0 Å². The zero-order valence-electron chi connectivity index (χ0n) is 17.2. The lowest BCUT2D eigenvalue weighted by Crippen LogP contribution is -2.48. The number of hydrogen-bond donors (Lipinski definition) is 0. The highest BCUT2D eigenvalue weighted by atomic mass is 32.2. The van der Waals surface area contributed by atoms with Crippen molar-refractivity contribution in [2.45, 2.75) is 45.7 Å². The number of benzene rings is 1. The molecule has 1 saturated heterocycles. The number of nitrogens with zero attached hydrogens (tertiary/aromatic N) is 1. The molecule has 0 aliphatic carbocycles. The topological polar surface area (TPSA) is 90.0 Å². The van der Waals surface area contributed by atoms with E-state index in [-0.39, 0.29) is 29.5 Å². The maximum atomic E-state index is 12.6. The van der Waals surface area contributed by atoms with E-state index in [9.17, 15) is 18.0 Å². The maximum absolute atomic E-state index is 12.6. The van der Waals surface area contributed by atoms with Crippen LogP contribution in [0.15, 0.2) is 30.3 Å². The highest BCUT2D eigenvalue weighted by Gasteiger charge is 2.36. The highest BCUT2D eigenvalue weighted by molar-refractivity contribution is 7.91. The van der Waals surface area contributed by atoms with E-state index in [0.29, 0.717) is 19.4 Å². The van der Waals surface area contributed by atoms with Crippen molar-refractivity contribution in [3.8, 4) is 5.75 Å². The van der Waals surface area contributed by atoms with Crippen molar-refractivity contribution < 1.29 is 27.5 Å². The Morgan fingerprint density at radius 3 is 2.48 bits per heavy atom. The van der Waals surface area contributed by atoms with Crippen LogP contribution in [0.1, 0.15) is 39.2 Å². The summed E-state index contributed by atoms with van der Waals surface area (Å²) in [6.45, 7) is 5.87. The first-order chi connectivity index (χ1) is 13.8. The third-order valence-corrected chi connectivity index (χ3v) is 6.65. The summed E-state index contributed by atoms with van der Waals surface area (Å²) in [4.78, 5) is 26.2. The summed E-state index contributed by atoms with van der Waals surface area (Å²) in [5.41, 5.74) is 0.800. The summed E-state index contributed by atoms with van der Waals surface area (Å²) in [6, 6.07) is 6.74. The summed E-state index contributed by atoms with van der Waals surface area (Å²) in [5.74, 6) is -0.200. The smallest absolute Gasteiger partial charge is 0.331 e. The molecule has 0 bridgehead atoms. The Balaban J connectivity index is 1.92. The largest absolute Gasteiger partial charge is 0.494 e. The zero-order valence-corrected chi connectivity index (χ0v) is 18.0. The molecule has 0 unspecified atom stereocenters. The minimum Gasteiger partial charge on any atom is -0.494 e. The second kappa shape index (κ2) is 10.4. The number of esters is 1. The molecule has 1 aromatic rings. The Kier molecular flexibility index (Phi) is 8.25. The predicted octanol–water partition coefficient (Wildman–Crippen LogP) is 2.46. The lowest BCUT2D eigenvalue weighted by atomic mass is 10.1. The molecule has 1 heterocycles. The van der Waals surface area contributed by atoms with Crippen molar-refractivity contribution >= 4 is 27.8 Å². The van der Waals surface area contributed by atoms with Crippen LogP contribution in [0.5, 0.6) is 5.75 Å². The Morgan fingerprint density at radius 1 is 1.24 bits per heavy atom. The molecule has 1 aromatic carbocycles. The van der Waals surface area contributed by atoms with Gasteiger partial charge in [0, 0.05) is 18.2 Å². The molecule has 2 rings (SSSR count). The van der Waals surface area contributed by atoms with E-state index in [2.05, 4.69) is 0 Å². The molecule has 1 aliphatic rings. The maximum Gasteiger partial charge on any atom is 0.331 e. The van der Waals surface area contributed by atoms with Crippen LogP contribution in [0.2, 0.25) is 0 Å². The van der Waals surface area contributed by atoms with Crippen molar-refractivity contribution in [3.05, 3.63) is 35.9 Å². The summed E-state index contributed by atoms with van der Waals surface area (Å²) >= 11 is 0. The molecule has 0 aromatic heterocycles. The van der Waals surface area contributed by atoms with E-state index in [1.165, 1.54) is 6.08 Å². The monoisotopic (exact) mass is 423 g/mol. The summed E-state index contributed by atoms with van der Waals surface area (Å²) in [5, 5.41) is 0. The van der Waals surface area contributed by atoms with E-state index in [1.807, 2.05) is 32.9 Å². The third kappa shape index (κ3) is 6.88. The average Bonchev–Trinajstić information content (AvgIpc) is 3.05. The van der Waals surface area contributed by atoms with Gasteiger partial charge in [-0.2, -0.15) is 0 Å². The van der Waals surface area contributed by atoms with Crippen LogP contribution in [-0.2, 0) is 24.2 Å². The first-order valence-corrected chi connectivity index (χ1v) is 11.7. The number of hydrogen-bond acceptors (Lipinski definition) is 6. The van der Waals surface area contributed by atoms with Gasteiger partial charge in [0.15, 0.2) is 16.4 Å². The molecule has 0 N–H and O–H groups in total. The average molecular weight is 424 g/mol. The van der Waals surface area contributed by atoms with Crippen molar-refractivity contribution in [2.24, 2.45) is 0 Å². The molecule has 0 saturated carbocycles. The molecular formula is C21H29NO6S. The van der Waals surface area contributed by atoms with Gasteiger partial charge in [0.05, 0.1) is 18.1 Å². The quantitative estimate of drug-likeness (QED) is 0.448. The van der Waals surface area contributed by atoms with E-state index >= 15 is 0 Å². The van der Waals surface area contributed by atoms with Gasteiger partial charge in [-0.1, -0.05) is 19.1 Å². The van der Waals surface area contributed by atoms with Crippen LogP contribution in [0.4, 0.5) is 0 Å². The van der Waals surface area contributed by atoms with Gasteiger partial charge in [-0.25, -0.2) is 13.2 Å². The SMILES string of the molecule is CCOc1ccc(/C=C/C(=O)OCC(=O)N([C@H]2CCS(=O)(=O)C2)[C@H](C)CC)cc1. The number of rotatable bonds is 9. The van der Waals surface area contributed by atoms with E-state index < -0.39 is 22.4 Å². The molecule has 29 heavy (non-hydrogen) atoms. The summed E-state index contributed by atoms with van der Waals surface area (Å²) < 4.78 is 34.0. The van der Waals surface area contributed by atoms with Crippen molar-refractivity contribution in [1.82, 2.24) is 4.90 Å².